The SMILES string of the molecule is CC[C@H](C)[C@H](NC(=O)[C@H](Cc1ccc(O)cc1)NC(=O)[C@H](CS)NC(=O)[C@H](CC(C)C)NC(=O)CNC(=O)[C@H](Cc1ccc(O)c(Cl)c1)NC(=O)[C@@H]1C[C@@H](O)CN1C(=O)C(CS)NC(=O)[C@@H](CCC(=O)O)NC(=O)C(Cc1ccc(O)cc1)NC(C)C)C(=O)N[C@@H](CCC(N)=O)C(C)=O. The molecule has 33 heteroatoms. The third-order valence-electron chi connectivity index (χ3n) is 16.1. The van der Waals surface area contributed by atoms with Gasteiger partial charge in [-0.15, -0.1) is 0 Å². The molecular weight excluding hydrogens is 1350 g/mol. The van der Waals surface area contributed by atoms with E-state index < -0.39 is 181 Å². The first-order chi connectivity index (χ1) is 46.6. The molecule has 99 heavy (non-hydrogen) atoms. The van der Waals surface area contributed by atoms with Gasteiger partial charge in [-0.3, -0.25) is 62.3 Å². The van der Waals surface area contributed by atoms with Gasteiger partial charge in [-0.05, 0) is 97.5 Å². The number of aliphatic hydroxyl groups excluding tert-OH is 1. The maximum Gasteiger partial charge on any atom is 0.303 e. The smallest absolute Gasteiger partial charge is 0.303 e. The number of aliphatic carboxylic acids is 1. The Morgan fingerprint density at radius 1 is 0.586 bits per heavy atom. The normalized spacial score (nSPS) is 16.6. The lowest BCUT2D eigenvalue weighted by Crippen LogP contribution is -2.60. The van der Waals surface area contributed by atoms with Crippen LogP contribution < -0.4 is 58.9 Å². The number of carbonyl (C=O) groups excluding carboxylic acids is 12. The number of carboxylic acids is 1. The van der Waals surface area contributed by atoms with Crippen LogP contribution >= 0.6 is 36.9 Å². The summed E-state index contributed by atoms with van der Waals surface area (Å²) < 4.78 is 0. The molecule has 30 nitrogen and oxygen atoms in total. The lowest BCUT2D eigenvalue weighted by molar-refractivity contribution is -0.142. The number of nitrogens with zero attached hydrogens (tertiary/aromatic N) is 1. The number of β-amino-alcohol motifs (C(OH)–C–C–N with tert-alkyl or cyclic N) is 1. The molecule has 12 atom stereocenters. The summed E-state index contributed by atoms with van der Waals surface area (Å²) >= 11 is 14.8. The average molecular weight is 1440 g/mol. The second-order valence-electron chi connectivity index (χ2n) is 25.1. The van der Waals surface area contributed by atoms with Gasteiger partial charge in [0.2, 0.25) is 65.0 Å². The number of rotatable bonds is 40. The number of phenols is 3. The molecule has 3 aromatic carbocycles. The van der Waals surface area contributed by atoms with Crippen molar-refractivity contribution in [3.05, 3.63) is 88.4 Å². The van der Waals surface area contributed by atoms with Crippen molar-refractivity contribution in [2.24, 2.45) is 17.6 Å². The van der Waals surface area contributed by atoms with Crippen LogP contribution in [0.2, 0.25) is 5.02 Å². The monoisotopic (exact) mass is 1440 g/mol. The molecule has 0 spiro atoms. The number of carbonyl (C=O) groups is 13. The van der Waals surface area contributed by atoms with Crippen LogP contribution in [0.15, 0.2) is 66.7 Å². The molecule has 17 N–H and O–H groups in total. The third kappa shape index (κ3) is 27.5. The molecule has 0 saturated carbocycles. The van der Waals surface area contributed by atoms with Crippen LogP contribution in [-0.2, 0) is 81.6 Å². The van der Waals surface area contributed by atoms with Gasteiger partial charge in [-0.1, -0.05) is 89.9 Å². The summed E-state index contributed by atoms with van der Waals surface area (Å²) in [6.07, 6.45) is -3.08. The number of carboxylic acid groups (broad SMARTS) is 1. The van der Waals surface area contributed by atoms with Crippen molar-refractivity contribution in [1.82, 2.24) is 58.1 Å². The van der Waals surface area contributed by atoms with Gasteiger partial charge in [-0.2, -0.15) is 25.3 Å². The quantitative estimate of drug-likeness (QED) is 0.0319. The van der Waals surface area contributed by atoms with Crippen LogP contribution in [0, 0.1) is 11.8 Å². The van der Waals surface area contributed by atoms with E-state index >= 15 is 0 Å². The van der Waals surface area contributed by atoms with Crippen LogP contribution in [0.4, 0.5) is 0 Å². The molecule has 0 bridgehead atoms. The van der Waals surface area contributed by atoms with E-state index in [1.54, 1.807) is 53.7 Å². The molecule has 0 aliphatic carbocycles. The first-order valence-corrected chi connectivity index (χ1v) is 34.0. The fourth-order valence-corrected chi connectivity index (χ4v) is 11.3. The van der Waals surface area contributed by atoms with Gasteiger partial charge in [0.15, 0.2) is 5.78 Å². The molecule has 4 rings (SSSR count). The van der Waals surface area contributed by atoms with Gasteiger partial charge < -0.3 is 89.3 Å². The number of aromatic hydroxyl groups is 3. The minimum Gasteiger partial charge on any atom is -0.508 e. The van der Waals surface area contributed by atoms with Crippen molar-refractivity contribution in [3.63, 3.8) is 0 Å². The van der Waals surface area contributed by atoms with E-state index in [1.807, 2.05) is 0 Å². The number of halogens is 1. The van der Waals surface area contributed by atoms with Gasteiger partial charge in [0.1, 0.15) is 65.6 Å². The van der Waals surface area contributed by atoms with E-state index in [4.69, 9.17) is 17.3 Å². The van der Waals surface area contributed by atoms with E-state index in [1.165, 1.54) is 61.5 Å². The third-order valence-corrected chi connectivity index (χ3v) is 17.2. The van der Waals surface area contributed by atoms with E-state index in [-0.39, 0.29) is 90.5 Å². The Labute approximate surface area is 589 Å². The molecule has 1 aliphatic heterocycles. The lowest BCUT2D eigenvalue weighted by atomic mass is 9.96. The molecule has 3 aromatic rings. The van der Waals surface area contributed by atoms with Crippen molar-refractivity contribution in [3.8, 4) is 17.2 Å². The number of likely N-dealkylation sites (tertiary alicyclic amines) is 1. The first-order valence-electron chi connectivity index (χ1n) is 32.3. The fraction of sp³-hybridized carbons (Fsp3) is 0.530. The fourth-order valence-electron chi connectivity index (χ4n) is 10.6. The summed E-state index contributed by atoms with van der Waals surface area (Å²) in [5, 5.41) is 76.6. The molecular formula is C66H93ClN12O18S2. The standard InChI is InChI=1S/C66H93ClN12O18S2/c1-8-35(6)57(65(96)72-44(36(7)80)18-21-54(68)85)78-62(93)49(26-38-11-16-41(82)17-12-38)74-63(94)50(31-98)76-60(91)46(23-33(2)3)71-55(86)29-69-58(89)47(27-39-13-20-53(84)43(67)24-39)75-64(95)52-28-42(83)30-79(52)66(97)51(32-99)77-59(90)45(19-22-56(87)88)73-61(92)48(70-34(4)5)25-37-9-14-40(81)15-10-37/h9-17,20,24,33-35,42,44-52,57,70,81-84,98-99H,8,18-19,21-23,25-32H2,1-7H3,(H2,68,85)(H,69,89)(H,71,86)(H,72,96)(H,73,92)(H,74,94)(H,75,95)(H,76,91)(H,77,90)(H,78,93)(H,87,88)/t35-,42+,44-,45+,46-,47-,48?,49-,50-,51?,52-,57-/m0/s1. The molecule has 0 aromatic heterocycles. The summed E-state index contributed by atoms with van der Waals surface area (Å²) in [5.41, 5.74) is 6.67. The van der Waals surface area contributed by atoms with Crippen molar-refractivity contribution < 1.29 is 87.9 Å². The van der Waals surface area contributed by atoms with Crippen molar-refractivity contribution in [2.75, 3.05) is 24.6 Å². The maximum atomic E-state index is 14.4. The van der Waals surface area contributed by atoms with Gasteiger partial charge in [0.05, 0.1) is 29.8 Å². The summed E-state index contributed by atoms with van der Waals surface area (Å²) in [6.45, 7) is 10.4. The highest BCUT2D eigenvalue weighted by atomic mass is 35.5. The Morgan fingerprint density at radius 3 is 1.61 bits per heavy atom. The van der Waals surface area contributed by atoms with Crippen molar-refractivity contribution in [2.45, 2.75) is 185 Å². The van der Waals surface area contributed by atoms with E-state index in [2.05, 4.69) is 78.4 Å². The number of thiol groups is 2. The maximum absolute atomic E-state index is 14.4. The average Bonchev–Trinajstić information content (AvgIpc) is 1.72. The summed E-state index contributed by atoms with van der Waals surface area (Å²) in [6, 6.07) is 1.74. The molecule has 544 valence electrons. The Hall–Kier alpha value is -8.72. The summed E-state index contributed by atoms with van der Waals surface area (Å²) in [4.78, 5) is 178. The number of nitrogens with one attached hydrogen (secondary N) is 10. The van der Waals surface area contributed by atoms with Crippen LogP contribution in [0.25, 0.3) is 0 Å². The largest absolute Gasteiger partial charge is 0.508 e. The van der Waals surface area contributed by atoms with Crippen LogP contribution in [-0.4, -0.2) is 204 Å². The van der Waals surface area contributed by atoms with Gasteiger partial charge in [0.25, 0.3) is 0 Å². The Morgan fingerprint density at radius 2 is 1.07 bits per heavy atom. The Kier molecular flexibility index (Phi) is 33.7. The minimum absolute atomic E-state index is 0.00440. The van der Waals surface area contributed by atoms with Crippen LogP contribution in [0.3, 0.4) is 0 Å². The second-order valence-corrected chi connectivity index (χ2v) is 26.3. The zero-order chi connectivity index (χ0) is 74.0. The number of amides is 11. The van der Waals surface area contributed by atoms with E-state index in [9.17, 15) is 87.9 Å². The predicted molar refractivity (Wildman–Crippen MR) is 370 cm³/mol. The predicted octanol–water partition coefficient (Wildman–Crippen LogP) is -0.521. The zero-order valence-electron chi connectivity index (χ0n) is 56.2. The first kappa shape index (κ1) is 82.7. The highest BCUT2D eigenvalue weighted by molar-refractivity contribution is 7.80. The molecule has 1 saturated heterocycles. The van der Waals surface area contributed by atoms with Crippen LogP contribution in [0.1, 0.15) is 110 Å². The number of primary amides is 1. The topological polar surface area (TPSA) is 473 Å². The number of aliphatic hydroxyl groups is 1. The number of phenolic OH excluding ortho intramolecular Hbond substituents is 3. The molecule has 0 radical (unpaired) electrons. The number of nitrogens with two attached hydrogens (primary N) is 1. The zero-order valence-corrected chi connectivity index (χ0v) is 58.7. The summed E-state index contributed by atoms with van der Waals surface area (Å²) in [5.74, 6) is -13.3. The number of benzene rings is 3. The highest BCUT2D eigenvalue weighted by Crippen LogP contribution is 2.26. The van der Waals surface area contributed by atoms with Crippen molar-refractivity contribution in [1.29, 1.82) is 0 Å². The molecule has 1 heterocycles. The van der Waals surface area contributed by atoms with Crippen LogP contribution in [0.5, 0.6) is 17.2 Å². The van der Waals surface area contributed by atoms with Gasteiger partial charge >= 0.3 is 5.97 Å². The highest BCUT2D eigenvalue weighted by Gasteiger charge is 2.43. The lowest BCUT2D eigenvalue weighted by Gasteiger charge is -2.30. The Bertz CT molecular complexity index is 3330. The van der Waals surface area contributed by atoms with Crippen molar-refractivity contribution >= 4 is 114 Å². The molecule has 2 unspecified atom stereocenters. The number of ketones is 1. The number of Topliss-reactive ketones (excluding diaryl/α,β-unsaturated/α-hetero) is 1. The molecule has 1 aliphatic rings. The van der Waals surface area contributed by atoms with E-state index in [0.717, 1.165) is 4.90 Å². The number of hydrogen-bond acceptors (Lipinski definition) is 20. The Balaban J connectivity index is 1.52. The van der Waals surface area contributed by atoms with E-state index in [0.29, 0.717) is 17.5 Å². The molecule has 11 amide bonds. The second kappa shape index (κ2) is 40.4. The summed E-state index contributed by atoms with van der Waals surface area (Å²) in [7, 11) is 0. The number of hydrogen-bond donors (Lipinski definition) is 18. The van der Waals surface area contributed by atoms with Gasteiger partial charge in [-0.25, -0.2) is 0 Å². The molecule has 1 fully saturated rings. The minimum atomic E-state index is -1.58. The van der Waals surface area contributed by atoms with Gasteiger partial charge in [0, 0.05) is 56.2 Å².